The third-order valence-corrected chi connectivity index (χ3v) is 11.1. The number of fused-ring (bicyclic) bond motifs is 8. The number of aromatic nitrogens is 3. The molecule has 0 radical (unpaired) electrons. The van der Waals surface area contributed by atoms with Crippen molar-refractivity contribution in [1.29, 1.82) is 0 Å². The Morgan fingerprint density at radius 2 is 1.14 bits per heavy atom. The van der Waals surface area contributed by atoms with Crippen molar-refractivity contribution in [3.8, 4) is 28.1 Å². The zero-order chi connectivity index (χ0) is 32.1. The Hall–Kier alpha value is -6.30. The number of thiophene rings is 1. The van der Waals surface area contributed by atoms with Crippen molar-refractivity contribution < 1.29 is 0 Å². The molecule has 0 aliphatic carbocycles. The molecule has 0 atom stereocenters. The average molecular weight is 643 g/mol. The highest BCUT2D eigenvalue weighted by Gasteiger charge is 2.29. The van der Waals surface area contributed by atoms with Gasteiger partial charge in [-0.25, -0.2) is 9.97 Å². The van der Waals surface area contributed by atoms with Gasteiger partial charge in [0.05, 0.1) is 38.3 Å². The minimum Gasteiger partial charge on any atom is -0.309 e. The van der Waals surface area contributed by atoms with Gasteiger partial charge in [0.15, 0.2) is 0 Å². The molecule has 7 aromatic carbocycles. The van der Waals surface area contributed by atoms with Crippen molar-refractivity contribution in [3.63, 3.8) is 0 Å². The average Bonchev–Trinajstić information content (AvgIpc) is 3.71. The largest absolute Gasteiger partial charge is 0.309 e. The number of hydrogen-bond donors (Lipinski definition) is 0. The number of anilines is 3. The highest BCUT2D eigenvalue weighted by atomic mass is 32.1. The number of rotatable bonds is 3. The van der Waals surface area contributed by atoms with E-state index < -0.39 is 0 Å². The Morgan fingerprint density at radius 3 is 2.06 bits per heavy atom. The standard InChI is InChI=1S/C44H26N4S/c1-2-15-28(16-3-1)47-35-23-8-5-18-31(35)40-33(21-12-25-37(40)47)42-43-41(32-19-6-9-26-38(32)49-43)45-44(46-42)48-34-22-7-4-17-29(34)30-20-10-13-27-14-11-24-36(48)39(27)30/h1-26H. The van der Waals surface area contributed by atoms with Gasteiger partial charge in [-0.1, -0.05) is 115 Å². The van der Waals surface area contributed by atoms with Crippen LogP contribution >= 0.6 is 11.3 Å². The van der Waals surface area contributed by atoms with Crippen LogP contribution in [0.1, 0.15) is 0 Å². The van der Waals surface area contributed by atoms with E-state index in [9.17, 15) is 0 Å². The fourth-order valence-corrected chi connectivity index (χ4v) is 9.05. The SMILES string of the molecule is c1ccc(-n2c3ccccc3c3c(-c4nc(N5c6ccccc6-c6cccc7cccc5c67)nc5c4sc4ccccc45)cccc32)cc1. The van der Waals surface area contributed by atoms with Gasteiger partial charge in [-0.05, 0) is 53.4 Å². The summed E-state index contributed by atoms with van der Waals surface area (Å²) >= 11 is 1.77. The van der Waals surface area contributed by atoms with E-state index in [1.807, 2.05) is 0 Å². The fourth-order valence-electron chi connectivity index (χ4n) is 7.91. The summed E-state index contributed by atoms with van der Waals surface area (Å²) in [5, 5.41) is 5.97. The molecule has 0 N–H and O–H groups in total. The van der Waals surface area contributed by atoms with Crippen molar-refractivity contribution in [2.75, 3.05) is 4.90 Å². The number of para-hydroxylation sites is 3. The first-order valence-corrected chi connectivity index (χ1v) is 17.3. The van der Waals surface area contributed by atoms with E-state index in [1.54, 1.807) is 11.3 Å². The molecule has 0 bridgehead atoms. The molecular formula is C44H26N4S. The van der Waals surface area contributed by atoms with Crippen LogP contribution in [-0.4, -0.2) is 14.5 Å². The summed E-state index contributed by atoms with van der Waals surface area (Å²) in [7, 11) is 0. The first kappa shape index (κ1) is 26.7. The summed E-state index contributed by atoms with van der Waals surface area (Å²) in [5.41, 5.74) is 11.1. The Labute approximate surface area is 285 Å². The molecule has 0 amide bonds. The van der Waals surface area contributed by atoms with E-state index in [0.29, 0.717) is 5.95 Å². The van der Waals surface area contributed by atoms with E-state index in [2.05, 4.69) is 167 Å². The summed E-state index contributed by atoms with van der Waals surface area (Å²) in [6.45, 7) is 0. The first-order chi connectivity index (χ1) is 24.3. The van der Waals surface area contributed by atoms with Crippen molar-refractivity contribution >= 4 is 81.5 Å². The predicted octanol–water partition coefficient (Wildman–Crippen LogP) is 12.2. The van der Waals surface area contributed by atoms with Gasteiger partial charge < -0.3 is 4.57 Å². The van der Waals surface area contributed by atoms with Gasteiger partial charge in [0.25, 0.3) is 0 Å². The maximum atomic E-state index is 5.60. The van der Waals surface area contributed by atoms with Crippen LogP contribution in [0.25, 0.3) is 81.0 Å². The van der Waals surface area contributed by atoms with E-state index in [-0.39, 0.29) is 0 Å². The Bertz CT molecular complexity index is 2950. The molecular weight excluding hydrogens is 617 g/mol. The topological polar surface area (TPSA) is 34.0 Å². The maximum Gasteiger partial charge on any atom is 0.235 e. The zero-order valence-corrected chi connectivity index (χ0v) is 27.0. The van der Waals surface area contributed by atoms with E-state index >= 15 is 0 Å². The first-order valence-electron chi connectivity index (χ1n) is 16.5. The van der Waals surface area contributed by atoms with Crippen molar-refractivity contribution in [2.24, 2.45) is 0 Å². The summed E-state index contributed by atoms with van der Waals surface area (Å²) < 4.78 is 4.67. The lowest BCUT2D eigenvalue weighted by Crippen LogP contribution is -2.17. The normalized spacial score (nSPS) is 12.4. The zero-order valence-electron chi connectivity index (χ0n) is 26.2. The monoisotopic (exact) mass is 642 g/mol. The van der Waals surface area contributed by atoms with Crippen LogP contribution < -0.4 is 4.90 Å². The fraction of sp³-hybridized carbons (Fsp3) is 0. The van der Waals surface area contributed by atoms with Crippen molar-refractivity contribution in [3.05, 3.63) is 158 Å². The highest BCUT2D eigenvalue weighted by molar-refractivity contribution is 7.26. The van der Waals surface area contributed by atoms with Gasteiger partial charge in [-0.2, -0.15) is 0 Å². The molecule has 3 aromatic heterocycles. The van der Waals surface area contributed by atoms with Crippen molar-refractivity contribution in [2.45, 2.75) is 0 Å². The molecule has 49 heavy (non-hydrogen) atoms. The summed E-state index contributed by atoms with van der Waals surface area (Å²) in [6, 6.07) is 56.3. The van der Waals surface area contributed by atoms with Crippen LogP contribution in [0.3, 0.4) is 0 Å². The van der Waals surface area contributed by atoms with Gasteiger partial charge in [-0.15, -0.1) is 11.3 Å². The summed E-state index contributed by atoms with van der Waals surface area (Å²) in [4.78, 5) is 13.3. The lowest BCUT2D eigenvalue weighted by molar-refractivity contribution is 1.12. The third kappa shape index (κ3) is 3.73. The Balaban J connectivity index is 1.27. The van der Waals surface area contributed by atoms with Crippen LogP contribution in [-0.2, 0) is 0 Å². The van der Waals surface area contributed by atoms with Crippen LogP contribution in [0.4, 0.5) is 17.3 Å². The van der Waals surface area contributed by atoms with Crippen LogP contribution in [0, 0.1) is 0 Å². The van der Waals surface area contributed by atoms with Gasteiger partial charge in [0, 0.05) is 43.1 Å². The minimum atomic E-state index is 0.671. The van der Waals surface area contributed by atoms with Gasteiger partial charge >= 0.3 is 0 Å². The molecule has 1 aliphatic heterocycles. The second-order valence-corrected chi connectivity index (χ2v) is 13.6. The number of nitrogens with zero attached hydrogens (tertiary/aromatic N) is 4. The van der Waals surface area contributed by atoms with Crippen LogP contribution in [0.2, 0.25) is 0 Å². The van der Waals surface area contributed by atoms with Gasteiger partial charge in [0.2, 0.25) is 5.95 Å². The van der Waals surface area contributed by atoms with Crippen LogP contribution in [0.5, 0.6) is 0 Å². The molecule has 0 spiro atoms. The van der Waals surface area contributed by atoms with Crippen molar-refractivity contribution in [1.82, 2.24) is 14.5 Å². The van der Waals surface area contributed by atoms with Crippen LogP contribution in [0.15, 0.2) is 158 Å². The van der Waals surface area contributed by atoms with E-state index in [1.165, 1.54) is 42.9 Å². The number of hydrogen-bond acceptors (Lipinski definition) is 4. The van der Waals surface area contributed by atoms with E-state index in [4.69, 9.17) is 9.97 Å². The molecule has 0 saturated heterocycles. The second-order valence-electron chi connectivity index (χ2n) is 12.6. The molecule has 0 unspecified atom stereocenters. The van der Waals surface area contributed by atoms with E-state index in [0.717, 1.165) is 49.4 Å². The summed E-state index contributed by atoms with van der Waals surface area (Å²) in [6.07, 6.45) is 0. The Morgan fingerprint density at radius 1 is 0.469 bits per heavy atom. The molecule has 228 valence electrons. The maximum absolute atomic E-state index is 5.60. The third-order valence-electron chi connectivity index (χ3n) is 9.93. The molecule has 1 aliphatic rings. The number of benzene rings is 7. The molecule has 5 heteroatoms. The van der Waals surface area contributed by atoms with Gasteiger partial charge in [-0.3, -0.25) is 4.90 Å². The molecule has 0 fully saturated rings. The lowest BCUT2D eigenvalue weighted by Gasteiger charge is -2.32. The summed E-state index contributed by atoms with van der Waals surface area (Å²) in [5.74, 6) is 0.671. The lowest BCUT2D eigenvalue weighted by atomic mass is 9.91. The molecule has 11 rings (SSSR count). The van der Waals surface area contributed by atoms with Gasteiger partial charge in [0.1, 0.15) is 0 Å². The minimum absolute atomic E-state index is 0.671. The highest BCUT2D eigenvalue weighted by Crippen LogP contribution is 2.51. The second kappa shape index (κ2) is 10.1. The molecule has 4 nitrogen and oxygen atoms in total. The molecule has 0 saturated carbocycles. The molecule has 10 aromatic rings. The molecule has 4 heterocycles. The smallest absolute Gasteiger partial charge is 0.235 e. The quantitative estimate of drug-likeness (QED) is 0.192. The predicted molar refractivity (Wildman–Crippen MR) is 206 cm³/mol. The Kier molecular flexibility index (Phi) is 5.51.